The van der Waals surface area contributed by atoms with E-state index in [2.05, 4.69) is 40.1 Å². The lowest BCUT2D eigenvalue weighted by molar-refractivity contribution is 0.0597. The number of carbonyl (C=O) groups excluding carboxylic acids is 6. The van der Waals surface area contributed by atoms with Gasteiger partial charge >= 0.3 is 29.8 Å². The van der Waals surface area contributed by atoms with Crippen molar-refractivity contribution in [1.82, 2.24) is 9.97 Å². The number of hydrogen-bond donors (Lipinski definition) is 2. The summed E-state index contributed by atoms with van der Waals surface area (Å²) in [6, 6.07) is 16.2. The van der Waals surface area contributed by atoms with E-state index in [4.69, 9.17) is 19.0 Å². The number of ether oxygens (including phenoxy) is 3. The summed E-state index contributed by atoms with van der Waals surface area (Å²) >= 11 is 8.85. The largest absolute Gasteiger partial charge is 0.477 e. The van der Waals surface area contributed by atoms with Gasteiger partial charge in [0.2, 0.25) is 0 Å². The van der Waals surface area contributed by atoms with Crippen LogP contribution in [0.15, 0.2) is 94.8 Å². The average molecular weight is 1020 g/mol. The number of rotatable bonds is 11. The summed E-state index contributed by atoms with van der Waals surface area (Å²) in [5.41, 5.74) is 1.39. The van der Waals surface area contributed by atoms with Crippen molar-refractivity contribution in [3.63, 3.8) is 0 Å². The number of hydrogen-bond acceptors (Lipinski definition) is 20. The van der Waals surface area contributed by atoms with Crippen molar-refractivity contribution in [3.05, 3.63) is 125 Å². The minimum atomic E-state index is -0.984. The number of alkyl halides is 1. The fourth-order valence-electron chi connectivity index (χ4n) is 4.09. The highest BCUT2D eigenvalue weighted by Gasteiger charge is 2.14. The van der Waals surface area contributed by atoms with Gasteiger partial charge in [0.1, 0.15) is 48.3 Å². The highest BCUT2D eigenvalue weighted by molar-refractivity contribution is 9.09. The van der Waals surface area contributed by atoms with Gasteiger partial charge < -0.3 is 33.3 Å². The molecular weight excluding hydrogens is 989 g/mol. The van der Waals surface area contributed by atoms with Gasteiger partial charge in [-0.15, -0.1) is 56.7 Å². The predicted molar refractivity (Wildman–Crippen MR) is 239 cm³/mol. The zero-order valence-corrected chi connectivity index (χ0v) is 39.0. The summed E-state index contributed by atoms with van der Waals surface area (Å²) in [5, 5.41) is 17.4. The van der Waals surface area contributed by atoms with E-state index < -0.39 is 23.9 Å². The molecule has 0 bridgehead atoms. The molecule has 63 heavy (non-hydrogen) atoms. The lowest BCUT2D eigenvalue weighted by Gasteiger charge is -1.92. The van der Waals surface area contributed by atoms with Gasteiger partial charge in [-0.25, -0.2) is 33.9 Å². The van der Waals surface area contributed by atoms with Gasteiger partial charge in [0.05, 0.1) is 51.0 Å². The van der Waals surface area contributed by atoms with Crippen LogP contribution in [-0.4, -0.2) is 94.0 Å². The van der Waals surface area contributed by atoms with Crippen molar-refractivity contribution < 1.29 is 71.6 Å². The van der Waals surface area contributed by atoms with Gasteiger partial charge in [-0.2, -0.15) is 0 Å². The quantitative estimate of drug-likeness (QED) is 0.0529. The third-order valence-electron chi connectivity index (χ3n) is 7.07. The summed E-state index contributed by atoms with van der Waals surface area (Å²) in [5.74, 6) is -3.18. The lowest BCUT2D eigenvalue weighted by atomic mass is 10.3. The second kappa shape index (κ2) is 25.6. The number of oxazole rings is 2. The molecule has 0 aliphatic heterocycles. The first kappa shape index (κ1) is 51.1. The molecule has 0 saturated heterocycles. The van der Waals surface area contributed by atoms with Gasteiger partial charge in [0.15, 0.2) is 30.1 Å². The smallest absolute Gasteiger partial charge is 0.348 e. The van der Waals surface area contributed by atoms with Crippen LogP contribution in [0.3, 0.4) is 0 Å². The summed E-state index contributed by atoms with van der Waals surface area (Å²) in [7, 11) is 3.99. The van der Waals surface area contributed by atoms with E-state index in [9.17, 15) is 38.4 Å². The van der Waals surface area contributed by atoms with Crippen molar-refractivity contribution in [2.75, 3.05) is 26.7 Å². The van der Waals surface area contributed by atoms with Gasteiger partial charge in [0.25, 0.3) is 0 Å². The molecule has 0 fully saturated rings. The van der Waals surface area contributed by atoms with E-state index in [1.54, 1.807) is 42.5 Å². The maximum absolute atomic E-state index is 11.1. The molecule has 0 spiro atoms. The molecule has 0 aliphatic carbocycles. The van der Waals surface area contributed by atoms with E-state index >= 15 is 0 Å². The molecule has 7 aromatic heterocycles. The Labute approximate surface area is 385 Å². The number of carboxylic acid groups (broad SMARTS) is 2. The maximum Gasteiger partial charge on any atom is 0.348 e. The second-order valence-corrected chi connectivity index (χ2v) is 17.3. The lowest BCUT2D eigenvalue weighted by Crippen LogP contribution is -1.97. The normalized spacial score (nSPS) is 9.81. The van der Waals surface area contributed by atoms with Crippen molar-refractivity contribution in [3.8, 4) is 21.1 Å². The topological polar surface area (TPSA) is 257 Å². The first-order valence-electron chi connectivity index (χ1n) is 17.1. The number of Topliss-reactive ketones (excluding diaryl/α,β-unsaturated/α-hetero) is 3. The highest BCUT2D eigenvalue weighted by atomic mass is 79.9. The standard InChI is InChI=1S/C9H7NO3S.C8H7BrO3S.C8H5NO3S.C8H8O3S.C7H6O3S/c1-12-9(11)8-3-2-7(14-8)6-4-13-5-10-6;1-12-8(11)7-3-2-6(13-7)5(10)4-9;10-8(11)7-2-1-6(13-7)5-3-12-4-9-5;1-5(9)6-3-4-7(12-6)8(10)11-2;1-4(8)5-2-3-6(11-5)7(9)10/h2-5H,1H3;2-3H,4H2,1H3;1-4H,(H,10,11);3-4H,1-2H3;2-3H,1H3,(H,9,10). The Hall–Kier alpha value is -6.24. The number of aromatic carboxylic acids is 2. The summed E-state index contributed by atoms with van der Waals surface area (Å²) in [6.45, 7) is 2.88. The number of carboxylic acids is 2. The fraction of sp³-hybridized carbons (Fsp3) is 0.150. The second-order valence-electron chi connectivity index (χ2n) is 11.3. The molecule has 7 heterocycles. The van der Waals surface area contributed by atoms with Crippen molar-refractivity contribution in [1.29, 1.82) is 0 Å². The van der Waals surface area contributed by atoms with Crippen LogP contribution in [0.2, 0.25) is 0 Å². The molecule has 330 valence electrons. The third-order valence-corrected chi connectivity index (χ3v) is 13.2. The zero-order valence-electron chi connectivity index (χ0n) is 33.3. The molecule has 0 unspecified atom stereocenters. The highest BCUT2D eigenvalue weighted by Crippen LogP contribution is 2.28. The Kier molecular flexibility index (Phi) is 20.8. The number of carbonyl (C=O) groups is 8. The molecule has 0 aliphatic rings. The Morgan fingerprint density at radius 2 is 0.825 bits per heavy atom. The van der Waals surface area contributed by atoms with E-state index in [1.807, 2.05) is 6.07 Å². The number of esters is 3. The molecule has 0 atom stereocenters. The number of halogens is 1. The van der Waals surface area contributed by atoms with Gasteiger partial charge in [-0.1, -0.05) is 15.9 Å². The average Bonchev–Trinajstić information content (AvgIpc) is 4.14. The Balaban J connectivity index is 0.000000210. The minimum absolute atomic E-state index is 0.0276. The molecule has 0 saturated carbocycles. The molecule has 2 N–H and O–H groups in total. The van der Waals surface area contributed by atoms with E-state index in [0.29, 0.717) is 39.8 Å². The first-order valence-corrected chi connectivity index (χ1v) is 22.3. The van der Waals surface area contributed by atoms with E-state index in [1.165, 1.54) is 95.3 Å². The molecule has 0 aromatic carbocycles. The summed E-state index contributed by atoms with van der Waals surface area (Å²) in [6.07, 6.45) is 5.69. The molecular formula is C40H33BrN2O15S5. The number of methoxy groups -OCH3 is 3. The van der Waals surface area contributed by atoms with Gasteiger partial charge in [-0.05, 0) is 74.5 Å². The van der Waals surface area contributed by atoms with Crippen LogP contribution in [0.25, 0.3) is 21.1 Å². The van der Waals surface area contributed by atoms with Crippen LogP contribution < -0.4 is 0 Å². The summed E-state index contributed by atoms with van der Waals surface area (Å²) in [4.78, 5) is 99.8. The Morgan fingerprint density at radius 3 is 1.16 bits per heavy atom. The number of nitrogens with zero attached hydrogens (tertiary/aromatic N) is 2. The minimum Gasteiger partial charge on any atom is -0.477 e. The molecule has 0 radical (unpaired) electrons. The molecule has 17 nitrogen and oxygen atoms in total. The van der Waals surface area contributed by atoms with Crippen molar-refractivity contribution in [2.45, 2.75) is 13.8 Å². The molecule has 7 aromatic rings. The van der Waals surface area contributed by atoms with Crippen LogP contribution in [0, 0.1) is 0 Å². The van der Waals surface area contributed by atoms with Crippen molar-refractivity contribution >= 4 is 120 Å². The predicted octanol–water partition coefficient (Wildman–Crippen LogP) is 9.79. The maximum atomic E-state index is 11.1. The zero-order chi connectivity index (χ0) is 46.6. The van der Waals surface area contributed by atoms with Crippen molar-refractivity contribution in [2.24, 2.45) is 0 Å². The summed E-state index contributed by atoms with van der Waals surface area (Å²) < 4.78 is 23.2. The number of thiophene rings is 5. The Morgan fingerprint density at radius 1 is 0.508 bits per heavy atom. The van der Waals surface area contributed by atoms with Gasteiger partial charge in [-0.3, -0.25) is 14.4 Å². The molecule has 0 amide bonds. The number of ketones is 3. The van der Waals surface area contributed by atoms with Crippen LogP contribution in [-0.2, 0) is 14.2 Å². The SMILES string of the molecule is CC(=O)c1ccc(C(=O)O)s1.COC(=O)c1ccc(-c2cocn2)s1.COC(=O)c1ccc(C(=O)CBr)s1.COC(=O)c1ccc(C(C)=O)s1.O=C(O)c1ccc(-c2cocn2)s1. The van der Waals surface area contributed by atoms with Gasteiger partial charge in [0, 0.05) is 0 Å². The monoisotopic (exact) mass is 1020 g/mol. The Bertz CT molecular complexity index is 2570. The third kappa shape index (κ3) is 15.9. The first-order chi connectivity index (χ1) is 30.0. The number of aromatic nitrogens is 2. The van der Waals surface area contributed by atoms with Crippen LogP contribution in [0.4, 0.5) is 0 Å². The molecule has 7 rings (SSSR count). The fourth-order valence-corrected chi connectivity index (χ4v) is 8.68. The molecule has 23 heteroatoms. The van der Waals surface area contributed by atoms with Crippen LogP contribution in [0.5, 0.6) is 0 Å². The van der Waals surface area contributed by atoms with Crippen LogP contribution >= 0.6 is 72.6 Å². The van der Waals surface area contributed by atoms with E-state index in [0.717, 1.165) is 49.5 Å². The van der Waals surface area contributed by atoms with Crippen LogP contribution in [0.1, 0.15) is 91.2 Å². The van der Waals surface area contributed by atoms with E-state index in [-0.39, 0.29) is 33.5 Å².